The zero-order chi connectivity index (χ0) is 13.1. The highest BCUT2D eigenvalue weighted by atomic mass is 14.9. The highest BCUT2D eigenvalue weighted by molar-refractivity contribution is 5.71. The van der Waals surface area contributed by atoms with Crippen LogP contribution in [0.5, 0.6) is 0 Å². The molecule has 0 amide bonds. The molecule has 0 bridgehead atoms. The van der Waals surface area contributed by atoms with Crippen LogP contribution >= 0.6 is 0 Å². The van der Waals surface area contributed by atoms with Crippen molar-refractivity contribution in [2.75, 3.05) is 11.9 Å². The van der Waals surface area contributed by atoms with Crippen LogP contribution in [0.15, 0.2) is 42.5 Å². The molecule has 2 aromatic carbocycles. The van der Waals surface area contributed by atoms with Crippen LogP contribution in [0, 0.1) is 0 Å². The highest BCUT2D eigenvalue weighted by Gasteiger charge is 2.09. The predicted molar refractivity (Wildman–Crippen MR) is 82.7 cm³/mol. The lowest BCUT2D eigenvalue weighted by Crippen LogP contribution is -2.11. The van der Waals surface area contributed by atoms with Crippen LogP contribution in [0.4, 0.5) is 5.69 Å². The lowest BCUT2D eigenvalue weighted by Gasteiger charge is -2.19. The molecule has 0 atom stereocenters. The summed E-state index contributed by atoms with van der Waals surface area (Å²) in [5.41, 5.74) is 6.88. The van der Waals surface area contributed by atoms with Crippen molar-refractivity contribution < 1.29 is 0 Å². The number of fused-ring (bicyclic) bond motifs is 1. The van der Waals surface area contributed by atoms with E-state index in [0.29, 0.717) is 0 Å². The van der Waals surface area contributed by atoms with Crippen molar-refractivity contribution in [2.24, 2.45) is 0 Å². The van der Waals surface area contributed by atoms with E-state index in [1.807, 2.05) is 0 Å². The molecule has 2 aromatic rings. The molecular weight excluding hydrogens is 230 g/mol. The quantitative estimate of drug-likeness (QED) is 0.836. The van der Waals surface area contributed by atoms with Crippen LogP contribution in [0.2, 0.25) is 0 Å². The molecule has 98 valence electrons. The van der Waals surface area contributed by atoms with Gasteiger partial charge in [-0.15, -0.1) is 0 Å². The molecule has 0 aliphatic carbocycles. The molecule has 1 heteroatoms. The first-order valence-electron chi connectivity index (χ1n) is 7.33. The third-order valence-electron chi connectivity index (χ3n) is 3.85. The van der Waals surface area contributed by atoms with Crippen molar-refractivity contribution in [3.63, 3.8) is 0 Å². The lowest BCUT2D eigenvalue weighted by atomic mass is 9.96. The van der Waals surface area contributed by atoms with Gasteiger partial charge in [0.2, 0.25) is 0 Å². The molecule has 1 nitrogen and oxygen atoms in total. The molecule has 1 N–H and O–H groups in total. The summed E-state index contributed by atoms with van der Waals surface area (Å²) in [5, 5.41) is 3.51. The summed E-state index contributed by atoms with van der Waals surface area (Å²) < 4.78 is 0. The summed E-state index contributed by atoms with van der Waals surface area (Å²) in [6, 6.07) is 15.8. The monoisotopic (exact) mass is 251 g/mol. The minimum Gasteiger partial charge on any atom is -0.385 e. The minimum absolute atomic E-state index is 1.10. The zero-order valence-electron chi connectivity index (χ0n) is 11.6. The molecule has 1 heterocycles. The normalized spacial score (nSPS) is 13.7. The van der Waals surface area contributed by atoms with E-state index in [4.69, 9.17) is 0 Å². The number of rotatable bonds is 3. The number of benzene rings is 2. The molecule has 19 heavy (non-hydrogen) atoms. The Hall–Kier alpha value is -1.76. The molecule has 0 saturated carbocycles. The van der Waals surface area contributed by atoms with Gasteiger partial charge in [0, 0.05) is 12.2 Å². The summed E-state index contributed by atoms with van der Waals surface area (Å²) >= 11 is 0. The van der Waals surface area contributed by atoms with E-state index in [1.165, 1.54) is 47.2 Å². The first-order valence-corrected chi connectivity index (χ1v) is 7.33. The number of hydrogen-bond donors (Lipinski definition) is 1. The summed E-state index contributed by atoms with van der Waals surface area (Å²) in [6.07, 6.45) is 4.82. The van der Waals surface area contributed by atoms with Gasteiger partial charge < -0.3 is 5.32 Å². The Morgan fingerprint density at radius 2 is 1.95 bits per heavy atom. The summed E-state index contributed by atoms with van der Waals surface area (Å²) in [4.78, 5) is 0. The van der Waals surface area contributed by atoms with Gasteiger partial charge in [0.05, 0.1) is 0 Å². The first-order chi connectivity index (χ1) is 9.36. The van der Waals surface area contributed by atoms with E-state index < -0.39 is 0 Å². The fraction of sp³-hybridized carbons (Fsp3) is 0.333. The SMILES string of the molecule is CCCc1cccc(-c2ccc3c(c2)NCCC3)c1. The van der Waals surface area contributed by atoms with Crippen LogP contribution in [-0.2, 0) is 12.8 Å². The smallest absolute Gasteiger partial charge is 0.0378 e. The molecule has 3 rings (SSSR count). The molecule has 0 radical (unpaired) electrons. The molecule has 0 fully saturated rings. The Morgan fingerprint density at radius 1 is 1.05 bits per heavy atom. The molecule has 0 unspecified atom stereocenters. The Kier molecular flexibility index (Phi) is 3.54. The van der Waals surface area contributed by atoms with Gasteiger partial charge in [0.15, 0.2) is 0 Å². The molecule has 1 aliphatic rings. The van der Waals surface area contributed by atoms with Gasteiger partial charge in [-0.05, 0) is 47.6 Å². The van der Waals surface area contributed by atoms with E-state index in [9.17, 15) is 0 Å². The van der Waals surface area contributed by atoms with Crippen LogP contribution in [-0.4, -0.2) is 6.54 Å². The average molecular weight is 251 g/mol. The third kappa shape index (κ3) is 2.65. The van der Waals surface area contributed by atoms with E-state index in [2.05, 4.69) is 54.7 Å². The summed E-state index contributed by atoms with van der Waals surface area (Å²) in [5.74, 6) is 0. The standard InChI is InChI=1S/C18H21N/c1-2-5-14-6-3-7-16(12-14)17-10-9-15-8-4-11-19-18(15)13-17/h3,6-7,9-10,12-13,19H,2,4-5,8,11H2,1H3. The topological polar surface area (TPSA) is 12.0 Å². The Balaban J connectivity index is 1.95. The Labute approximate surface area is 115 Å². The van der Waals surface area contributed by atoms with Gasteiger partial charge in [0.25, 0.3) is 0 Å². The summed E-state index contributed by atoms with van der Waals surface area (Å²) in [6.45, 7) is 3.34. The lowest BCUT2D eigenvalue weighted by molar-refractivity contribution is 0.830. The van der Waals surface area contributed by atoms with Crippen LogP contribution < -0.4 is 5.32 Å². The Bertz CT molecular complexity index is 572. The maximum Gasteiger partial charge on any atom is 0.0378 e. The van der Waals surface area contributed by atoms with Crippen LogP contribution in [0.1, 0.15) is 30.9 Å². The van der Waals surface area contributed by atoms with Gasteiger partial charge in [-0.1, -0.05) is 49.7 Å². The number of hydrogen-bond acceptors (Lipinski definition) is 1. The van der Waals surface area contributed by atoms with Crippen molar-refractivity contribution in [2.45, 2.75) is 32.6 Å². The van der Waals surface area contributed by atoms with E-state index in [1.54, 1.807) is 0 Å². The van der Waals surface area contributed by atoms with Crippen LogP contribution in [0.3, 0.4) is 0 Å². The predicted octanol–water partition coefficient (Wildman–Crippen LogP) is 4.66. The second-order valence-electron chi connectivity index (χ2n) is 5.35. The van der Waals surface area contributed by atoms with Crippen molar-refractivity contribution in [3.8, 4) is 11.1 Å². The van der Waals surface area contributed by atoms with Gasteiger partial charge >= 0.3 is 0 Å². The second kappa shape index (κ2) is 5.48. The fourth-order valence-corrected chi connectivity index (χ4v) is 2.84. The van der Waals surface area contributed by atoms with E-state index in [0.717, 1.165) is 13.0 Å². The summed E-state index contributed by atoms with van der Waals surface area (Å²) in [7, 11) is 0. The highest BCUT2D eigenvalue weighted by Crippen LogP contribution is 2.29. The van der Waals surface area contributed by atoms with Crippen molar-refractivity contribution >= 4 is 5.69 Å². The second-order valence-corrected chi connectivity index (χ2v) is 5.35. The fourth-order valence-electron chi connectivity index (χ4n) is 2.84. The van der Waals surface area contributed by atoms with Crippen LogP contribution in [0.25, 0.3) is 11.1 Å². The minimum atomic E-state index is 1.10. The molecule has 0 aromatic heterocycles. The van der Waals surface area contributed by atoms with E-state index >= 15 is 0 Å². The molecule has 1 aliphatic heterocycles. The number of nitrogens with one attached hydrogen (secondary N) is 1. The molecule has 0 saturated heterocycles. The third-order valence-corrected chi connectivity index (χ3v) is 3.85. The van der Waals surface area contributed by atoms with Gasteiger partial charge in [-0.25, -0.2) is 0 Å². The average Bonchev–Trinajstić information content (AvgIpc) is 2.47. The zero-order valence-corrected chi connectivity index (χ0v) is 11.6. The van der Waals surface area contributed by atoms with Crippen molar-refractivity contribution in [1.29, 1.82) is 0 Å². The number of aryl methyl sites for hydroxylation is 2. The Morgan fingerprint density at radius 3 is 2.84 bits per heavy atom. The maximum absolute atomic E-state index is 3.51. The first kappa shape index (κ1) is 12.3. The van der Waals surface area contributed by atoms with Gasteiger partial charge in [-0.3, -0.25) is 0 Å². The molecular formula is C18H21N. The maximum atomic E-state index is 3.51. The van der Waals surface area contributed by atoms with Crippen molar-refractivity contribution in [1.82, 2.24) is 0 Å². The van der Waals surface area contributed by atoms with E-state index in [-0.39, 0.29) is 0 Å². The number of anilines is 1. The van der Waals surface area contributed by atoms with Gasteiger partial charge in [-0.2, -0.15) is 0 Å². The van der Waals surface area contributed by atoms with Gasteiger partial charge in [0.1, 0.15) is 0 Å². The molecule has 0 spiro atoms. The van der Waals surface area contributed by atoms with Crippen molar-refractivity contribution in [3.05, 3.63) is 53.6 Å². The largest absolute Gasteiger partial charge is 0.385 e.